The molecule has 1 fully saturated rings. The molecule has 1 atom stereocenters. The van der Waals surface area contributed by atoms with Gasteiger partial charge in [-0.1, -0.05) is 0 Å². The molecule has 1 unspecified atom stereocenters. The number of carbonyl (C=O) groups is 1. The van der Waals surface area contributed by atoms with Crippen molar-refractivity contribution in [2.24, 2.45) is 0 Å². The van der Waals surface area contributed by atoms with Crippen LogP contribution in [0.15, 0.2) is 22.9 Å². The summed E-state index contributed by atoms with van der Waals surface area (Å²) in [4.78, 5) is 17.9. The number of halogens is 1. The van der Waals surface area contributed by atoms with Crippen molar-refractivity contribution in [2.45, 2.75) is 38.8 Å². The van der Waals surface area contributed by atoms with Crippen molar-refractivity contribution in [3.8, 4) is 0 Å². The summed E-state index contributed by atoms with van der Waals surface area (Å²) < 4.78 is 6.17. The van der Waals surface area contributed by atoms with Crippen molar-refractivity contribution in [2.75, 3.05) is 18.4 Å². The summed E-state index contributed by atoms with van der Waals surface area (Å²) in [7, 11) is 0. The predicted molar refractivity (Wildman–Crippen MR) is 81.8 cm³/mol. The quantitative estimate of drug-likeness (QED) is 0.838. The monoisotopic (exact) mass is 341 g/mol. The molecule has 2 heterocycles. The number of aromatic nitrogens is 1. The average Bonchev–Trinajstić information content (AvgIpc) is 2.79. The zero-order valence-electron chi connectivity index (χ0n) is 12.0. The van der Waals surface area contributed by atoms with E-state index in [-0.39, 0.29) is 12.1 Å². The highest BCUT2D eigenvalue weighted by atomic mass is 79.9. The Kier molecular flexibility index (Phi) is 4.52. The molecule has 1 N–H and O–H groups in total. The Hall–Kier alpha value is -1.30. The molecule has 1 aromatic heterocycles. The zero-order valence-corrected chi connectivity index (χ0v) is 13.6. The summed E-state index contributed by atoms with van der Waals surface area (Å²) in [5.41, 5.74) is 0.498. The number of likely N-dealkylation sites (tertiary alicyclic amines) is 1. The maximum absolute atomic E-state index is 12.0. The number of pyridine rings is 1. The fraction of sp³-hybridized carbons (Fsp3) is 0.571. The van der Waals surface area contributed by atoms with Gasteiger partial charge in [-0.3, -0.25) is 0 Å². The molecule has 0 spiro atoms. The largest absolute Gasteiger partial charge is 0.444 e. The van der Waals surface area contributed by atoms with Gasteiger partial charge in [0.2, 0.25) is 0 Å². The molecular formula is C14H20BrN3O2. The van der Waals surface area contributed by atoms with Crippen LogP contribution in [0.4, 0.5) is 10.5 Å². The highest BCUT2D eigenvalue weighted by Gasteiger charge is 2.29. The first kappa shape index (κ1) is 15.1. The lowest BCUT2D eigenvalue weighted by Crippen LogP contribution is -2.36. The van der Waals surface area contributed by atoms with Gasteiger partial charge in [0.05, 0.1) is 5.69 Å². The van der Waals surface area contributed by atoms with Crippen molar-refractivity contribution < 1.29 is 9.53 Å². The van der Waals surface area contributed by atoms with E-state index in [9.17, 15) is 4.79 Å². The summed E-state index contributed by atoms with van der Waals surface area (Å²) in [5, 5.41) is 3.40. The maximum Gasteiger partial charge on any atom is 0.410 e. The Labute approximate surface area is 127 Å². The van der Waals surface area contributed by atoms with E-state index in [0.717, 1.165) is 16.7 Å². The van der Waals surface area contributed by atoms with E-state index in [2.05, 4.69) is 26.2 Å². The lowest BCUT2D eigenvalue weighted by molar-refractivity contribution is 0.0293. The van der Waals surface area contributed by atoms with Crippen LogP contribution in [-0.4, -0.2) is 40.7 Å². The van der Waals surface area contributed by atoms with Crippen LogP contribution in [0.5, 0.6) is 0 Å². The first-order chi connectivity index (χ1) is 9.35. The van der Waals surface area contributed by atoms with Crippen molar-refractivity contribution in [1.82, 2.24) is 9.88 Å². The number of nitrogens with one attached hydrogen (secondary N) is 1. The van der Waals surface area contributed by atoms with Gasteiger partial charge in [-0.25, -0.2) is 9.78 Å². The van der Waals surface area contributed by atoms with E-state index in [1.165, 1.54) is 0 Å². The number of carbonyl (C=O) groups excluding carboxylic acids is 1. The number of hydrogen-bond donors (Lipinski definition) is 1. The van der Waals surface area contributed by atoms with Crippen LogP contribution in [0.1, 0.15) is 27.2 Å². The van der Waals surface area contributed by atoms with Crippen molar-refractivity contribution in [1.29, 1.82) is 0 Å². The second-order valence-electron chi connectivity index (χ2n) is 5.90. The normalized spacial score (nSPS) is 19.0. The molecule has 110 valence electrons. The van der Waals surface area contributed by atoms with E-state index in [0.29, 0.717) is 13.1 Å². The fourth-order valence-electron chi connectivity index (χ4n) is 2.08. The summed E-state index contributed by atoms with van der Waals surface area (Å²) >= 11 is 3.41. The molecule has 2 rings (SSSR count). The second-order valence-corrected chi connectivity index (χ2v) is 6.65. The van der Waals surface area contributed by atoms with E-state index in [1.807, 2.05) is 32.9 Å². The highest BCUT2D eigenvalue weighted by molar-refractivity contribution is 9.10. The summed E-state index contributed by atoms with van der Waals surface area (Å²) in [6.07, 6.45) is 2.39. The molecule has 0 saturated carbocycles. The Balaban J connectivity index is 1.90. The highest BCUT2D eigenvalue weighted by Crippen LogP contribution is 2.23. The fourth-order valence-corrected chi connectivity index (χ4v) is 2.45. The molecule has 1 aliphatic rings. The van der Waals surface area contributed by atoms with E-state index in [4.69, 9.17) is 4.74 Å². The minimum absolute atomic E-state index is 0.225. The third kappa shape index (κ3) is 4.10. The number of ether oxygens (including phenoxy) is 1. The van der Waals surface area contributed by atoms with Crippen molar-refractivity contribution in [3.05, 3.63) is 22.9 Å². The number of hydrogen-bond acceptors (Lipinski definition) is 4. The van der Waals surface area contributed by atoms with E-state index < -0.39 is 5.60 Å². The van der Waals surface area contributed by atoms with Gasteiger partial charge in [-0.15, -0.1) is 0 Å². The van der Waals surface area contributed by atoms with Crippen LogP contribution in [0.2, 0.25) is 0 Å². The van der Waals surface area contributed by atoms with Crippen LogP contribution in [0.25, 0.3) is 0 Å². The smallest absolute Gasteiger partial charge is 0.410 e. The topological polar surface area (TPSA) is 54.5 Å². The molecule has 0 aromatic carbocycles. The van der Waals surface area contributed by atoms with Crippen LogP contribution in [-0.2, 0) is 4.74 Å². The van der Waals surface area contributed by atoms with Crippen LogP contribution < -0.4 is 5.32 Å². The third-order valence-electron chi connectivity index (χ3n) is 2.96. The van der Waals surface area contributed by atoms with Gasteiger partial charge in [0, 0.05) is 25.3 Å². The van der Waals surface area contributed by atoms with Gasteiger partial charge < -0.3 is 15.0 Å². The molecule has 5 nitrogen and oxygen atoms in total. The summed E-state index contributed by atoms with van der Waals surface area (Å²) in [5.74, 6) is 0. The SMILES string of the molecule is CC(C)(C)OC(=O)N1CCC(Nc2cccnc2Br)C1. The third-order valence-corrected chi connectivity index (χ3v) is 3.59. The average molecular weight is 342 g/mol. The zero-order chi connectivity index (χ0) is 14.8. The Bertz CT molecular complexity index is 488. The molecule has 1 aromatic rings. The van der Waals surface area contributed by atoms with Gasteiger partial charge in [-0.05, 0) is 55.3 Å². The Morgan fingerprint density at radius 3 is 2.95 bits per heavy atom. The van der Waals surface area contributed by atoms with Gasteiger partial charge in [-0.2, -0.15) is 0 Å². The van der Waals surface area contributed by atoms with Crippen LogP contribution in [0, 0.1) is 0 Å². The Morgan fingerprint density at radius 2 is 2.30 bits per heavy atom. The number of nitrogens with zero attached hydrogens (tertiary/aromatic N) is 2. The predicted octanol–water partition coefficient (Wildman–Crippen LogP) is 3.27. The van der Waals surface area contributed by atoms with Gasteiger partial charge in [0.15, 0.2) is 0 Å². The van der Waals surface area contributed by atoms with Crippen LogP contribution >= 0.6 is 15.9 Å². The first-order valence-corrected chi connectivity index (χ1v) is 7.49. The first-order valence-electron chi connectivity index (χ1n) is 6.70. The van der Waals surface area contributed by atoms with Gasteiger partial charge in [0.25, 0.3) is 0 Å². The van der Waals surface area contributed by atoms with Crippen LogP contribution in [0.3, 0.4) is 0 Å². The lowest BCUT2D eigenvalue weighted by atomic mass is 10.2. The van der Waals surface area contributed by atoms with Crippen molar-refractivity contribution >= 4 is 27.7 Å². The minimum Gasteiger partial charge on any atom is -0.444 e. The Morgan fingerprint density at radius 1 is 1.55 bits per heavy atom. The second kappa shape index (κ2) is 5.99. The molecule has 1 aliphatic heterocycles. The molecule has 6 heteroatoms. The van der Waals surface area contributed by atoms with E-state index >= 15 is 0 Å². The molecule has 20 heavy (non-hydrogen) atoms. The van der Waals surface area contributed by atoms with Gasteiger partial charge >= 0.3 is 6.09 Å². The number of amides is 1. The number of rotatable bonds is 2. The van der Waals surface area contributed by atoms with Crippen molar-refractivity contribution in [3.63, 3.8) is 0 Å². The lowest BCUT2D eigenvalue weighted by Gasteiger charge is -2.24. The molecule has 0 aliphatic carbocycles. The van der Waals surface area contributed by atoms with E-state index in [1.54, 1.807) is 11.1 Å². The molecular weight excluding hydrogens is 322 g/mol. The molecule has 1 saturated heterocycles. The molecule has 0 radical (unpaired) electrons. The summed E-state index contributed by atoms with van der Waals surface area (Å²) in [6, 6.07) is 4.07. The minimum atomic E-state index is -0.449. The maximum atomic E-state index is 12.0. The summed E-state index contributed by atoms with van der Waals surface area (Å²) in [6.45, 7) is 7.00. The standard InChI is InChI=1S/C14H20BrN3O2/c1-14(2,3)20-13(19)18-8-6-10(9-18)17-11-5-4-7-16-12(11)15/h4-5,7,10,17H,6,8-9H2,1-3H3. The molecule has 0 bridgehead atoms. The molecule has 1 amide bonds. The number of anilines is 1. The van der Waals surface area contributed by atoms with Gasteiger partial charge in [0.1, 0.15) is 10.2 Å².